The fraction of sp³-hybridized carbons (Fsp3) is 0.400. The molecule has 0 spiro atoms. The van der Waals surface area contributed by atoms with Gasteiger partial charge in [-0.2, -0.15) is 0 Å². The highest BCUT2D eigenvalue weighted by molar-refractivity contribution is 5.34. The SMILES string of the molecule is COCCn1cc(C)nc1NC(C)c1ccccc1. The van der Waals surface area contributed by atoms with Gasteiger partial charge in [0.2, 0.25) is 5.95 Å². The number of aromatic nitrogens is 2. The quantitative estimate of drug-likeness (QED) is 0.866. The zero-order valence-corrected chi connectivity index (χ0v) is 11.8. The molecule has 0 fully saturated rings. The Hall–Kier alpha value is -1.81. The molecule has 0 saturated carbocycles. The molecule has 1 aromatic heterocycles. The Bertz CT molecular complexity index is 507. The molecule has 0 bridgehead atoms. The van der Waals surface area contributed by atoms with Gasteiger partial charge >= 0.3 is 0 Å². The van der Waals surface area contributed by atoms with Crippen LogP contribution in [0.3, 0.4) is 0 Å². The molecule has 1 aromatic carbocycles. The highest BCUT2D eigenvalue weighted by atomic mass is 16.5. The Morgan fingerprint density at radius 1 is 1.32 bits per heavy atom. The first-order valence-corrected chi connectivity index (χ1v) is 6.55. The van der Waals surface area contributed by atoms with Gasteiger partial charge in [-0.3, -0.25) is 0 Å². The number of imidazole rings is 1. The number of nitrogens with zero attached hydrogens (tertiary/aromatic N) is 2. The van der Waals surface area contributed by atoms with Crippen molar-refractivity contribution in [2.45, 2.75) is 26.4 Å². The van der Waals surface area contributed by atoms with Crippen LogP contribution in [-0.4, -0.2) is 23.3 Å². The van der Waals surface area contributed by atoms with E-state index in [2.05, 4.69) is 46.1 Å². The van der Waals surface area contributed by atoms with E-state index in [0.29, 0.717) is 6.61 Å². The summed E-state index contributed by atoms with van der Waals surface area (Å²) in [7, 11) is 1.71. The predicted molar refractivity (Wildman–Crippen MR) is 77.3 cm³/mol. The van der Waals surface area contributed by atoms with Crippen LogP contribution in [0.2, 0.25) is 0 Å². The largest absolute Gasteiger partial charge is 0.383 e. The van der Waals surface area contributed by atoms with Crippen LogP contribution in [0.15, 0.2) is 36.5 Å². The number of aryl methyl sites for hydroxylation is 1. The smallest absolute Gasteiger partial charge is 0.203 e. The fourth-order valence-electron chi connectivity index (χ4n) is 2.04. The van der Waals surface area contributed by atoms with E-state index >= 15 is 0 Å². The van der Waals surface area contributed by atoms with Gasteiger partial charge in [-0.1, -0.05) is 30.3 Å². The minimum absolute atomic E-state index is 0.226. The van der Waals surface area contributed by atoms with Crippen LogP contribution in [0.25, 0.3) is 0 Å². The Balaban J connectivity index is 2.10. The van der Waals surface area contributed by atoms with Crippen molar-refractivity contribution in [3.63, 3.8) is 0 Å². The molecule has 0 aliphatic rings. The van der Waals surface area contributed by atoms with Crippen molar-refractivity contribution in [2.24, 2.45) is 0 Å². The average Bonchev–Trinajstić information content (AvgIpc) is 2.77. The fourth-order valence-corrected chi connectivity index (χ4v) is 2.04. The van der Waals surface area contributed by atoms with Gasteiger partial charge in [0.15, 0.2) is 0 Å². The second-order valence-corrected chi connectivity index (χ2v) is 4.67. The summed E-state index contributed by atoms with van der Waals surface area (Å²) in [5.41, 5.74) is 2.26. The first kappa shape index (κ1) is 13.6. The molecule has 102 valence electrons. The summed E-state index contributed by atoms with van der Waals surface area (Å²) >= 11 is 0. The molecule has 0 aliphatic carbocycles. The Morgan fingerprint density at radius 2 is 2.05 bits per heavy atom. The number of rotatable bonds is 6. The summed E-state index contributed by atoms with van der Waals surface area (Å²) < 4.78 is 7.22. The molecular formula is C15H21N3O. The van der Waals surface area contributed by atoms with Gasteiger partial charge in [-0.05, 0) is 19.4 Å². The van der Waals surface area contributed by atoms with E-state index in [1.807, 2.05) is 19.2 Å². The third kappa shape index (κ3) is 3.58. The summed E-state index contributed by atoms with van der Waals surface area (Å²) in [4.78, 5) is 4.53. The van der Waals surface area contributed by atoms with E-state index in [4.69, 9.17) is 4.74 Å². The number of hydrogen-bond donors (Lipinski definition) is 1. The van der Waals surface area contributed by atoms with E-state index in [1.54, 1.807) is 7.11 Å². The van der Waals surface area contributed by atoms with Gasteiger partial charge in [0, 0.05) is 19.9 Å². The van der Waals surface area contributed by atoms with E-state index in [-0.39, 0.29) is 6.04 Å². The van der Waals surface area contributed by atoms with Crippen LogP contribution in [0.5, 0.6) is 0 Å². The standard InChI is InChI=1S/C15H21N3O/c1-12-11-18(9-10-19-3)15(16-12)17-13(2)14-7-5-4-6-8-14/h4-8,11,13H,9-10H2,1-3H3,(H,16,17). The van der Waals surface area contributed by atoms with Gasteiger partial charge in [0.05, 0.1) is 18.3 Å². The van der Waals surface area contributed by atoms with E-state index in [0.717, 1.165) is 18.2 Å². The Kier molecular flexibility index (Phi) is 4.58. The summed E-state index contributed by atoms with van der Waals surface area (Å²) in [6.45, 7) is 5.63. The Morgan fingerprint density at radius 3 is 2.74 bits per heavy atom. The van der Waals surface area contributed by atoms with Crippen molar-refractivity contribution in [2.75, 3.05) is 19.0 Å². The van der Waals surface area contributed by atoms with Crippen LogP contribution in [-0.2, 0) is 11.3 Å². The number of methoxy groups -OCH3 is 1. The molecule has 0 amide bonds. The molecule has 1 atom stereocenters. The maximum Gasteiger partial charge on any atom is 0.203 e. The molecule has 0 saturated heterocycles. The molecule has 1 heterocycles. The van der Waals surface area contributed by atoms with Crippen LogP contribution in [0.1, 0.15) is 24.2 Å². The molecule has 1 unspecified atom stereocenters. The first-order valence-electron chi connectivity index (χ1n) is 6.55. The van der Waals surface area contributed by atoms with E-state index in [9.17, 15) is 0 Å². The number of anilines is 1. The highest BCUT2D eigenvalue weighted by Crippen LogP contribution is 2.18. The van der Waals surface area contributed by atoms with Crippen molar-refractivity contribution in [1.82, 2.24) is 9.55 Å². The summed E-state index contributed by atoms with van der Waals surface area (Å²) in [6, 6.07) is 10.6. The summed E-state index contributed by atoms with van der Waals surface area (Å²) in [5.74, 6) is 0.894. The topological polar surface area (TPSA) is 39.1 Å². The van der Waals surface area contributed by atoms with Gasteiger partial charge < -0.3 is 14.6 Å². The molecule has 19 heavy (non-hydrogen) atoms. The number of hydrogen-bond acceptors (Lipinski definition) is 3. The van der Waals surface area contributed by atoms with Gasteiger partial charge in [-0.25, -0.2) is 4.98 Å². The minimum atomic E-state index is 0.226. The normalized spacial score (nSPS) is 12.4. The van der Waals surface area contributed by atoms with Gasteiger partial charge in [0.1, 0.15) is 0 Å². The van der Waals surface area contributed by atoms with Crippen molar-refractivity contribution in [3.05, 3.63) is 47.8 Å². The summed E-state index contributed by atoms with van der Waals surface area (Å²) in [6.07, 6.45) is 2.04. The van der Waals surface area contributed by atoms with Gasteiger partial charge in [0.25, 0.3) is 0 Å². The average molecular weight is 259 g/mol. The van der Waals surface area contributed by atoms with Crippen LogP contribution < -0.4 is 5.32 Å². The zero-order chi connectivity index (χ0) is 13.7. The first-order chi connectivity index (χ1) is 9.20. The van der Waals surface area contributed by atoms with Crippen molar-refractivity contribution in [3.8, 4) is 0 Å². The van der Waals surface area contributed by atoms with Crippen molar-refractivity contribution >= 4 is 5.95 Å². The number of benzene rings is 1. The maximum atomic E-state index is 5.12. The minimum Gasteiger partial charge on any atom is -0.383 e. The molecule has 2 rings (SSSR count). The van der Waals surface area contributed by atoms with Crippen LogP contribution in [0.4, 0.5) is 5.95 Å². The predicted octanol–water partition coefficient (Wildman–Crippen LogP) is 3.01. The molecule has 2 aromatic rings. The summed E-state index contributed by atoms with van der Waals surface area (Å²) in [5, 5.41) is 3.45. The number of ether oxygens (including phenoxy) is 1. The lowest BCUT2D eigenvalue weighted by atomic mass is 10.1. The monoisotopic (exact) mass is 259 g/mol. The van der Waals surface area contributed by atoms with E-state index < -0.39 is 0 Å². The molecule has 4 heteroatoms. The Labute approximate surface area is 114 Å². The number of nitrogens with one attached hydrogen (secondary N) is 1. The third-order valence-corrected chi connectivity index (χ3v) is 3.08. The highest BCUT2D eigenvalue weighted by Gasteiger charge is 2.10. The lowest BCUT2D eigenvalue weighted by Gasteiger charge is -2.16. The molecule has 0 aliphatic heterocycles. The van der Waals surface area contributed by atoms with Crippen molar-refractivity contribution < 1.29 is 4.74 Å². The van der Waals surface area contributed by atoms with Gasteiger partial charge in [-0.15, -0.1) is 0 Å². The molecule has 4 nitrogen and oxygen atoms in total. The zero-order valence-electron chi connectivity index (χ0n) is 11.8. The maximum absolute atomic E-state index is 5.12. The van der Waals surface area contributed by atoms with Crippen molar-refractivity contribution in [1.29, 1.82) is 0 Å². The lowest BCUT2D eigenvalue weighted by molar-refractivity contribution is 0.187. The molecule has 1 N–H and O–H groups in total. The lowest BCUT2D eigenvalue weighted by Crippen LogP contribution is -2.13. The van der Waals surface area contributed by atoms with Crippen LogP contribution in [0, 0.1) is 6.92 Å². The molecule has 0 radical (unpaired) electrons. The second kappa shape index (κ2) is 6.38. The second-order valence-electron chi connectivity index (χ2n) is 4.67. The molecular weight excluding hydrogens is 238 g/mol. The van der Waals surface area contributed by atoms with E-state index in [1.165, 1.54) is 5.56 Å². The third-order valence-electron chi connectivity index (χ3n) is 3.08. The van der Waals surface area contributed by atoms with Crippen LogP contribution >= 0.6 is 0 Å².